The summed E-state index contributed by atoms with van der Waals surface area (Å²) in [6, 6.07) is 13.2. The summed E-state index contributed by atoms with van der Waals surface area (Å²) in [6.07, 6.45) is 2.00. The molecule has 0 radical (unpaired) electrons. The van der Waals surface area contributed by atoms with Crippen LogP contribution in [0.5, 0.6) is 0 Å². The molecule has 0 atom stereocenters. The van der Waals surface area contributed by atoms with Crippen molar-refractivity contribution in [2.24, 2.45) is 0 Å². The van der Waals surface area contributed by atoms with Crippen molar-refractivity contribution in [3.63, 3.8) is 0 Å². The Bertz CT molecular complexity index is 883. The number of carbonyl (C=O) groups is 1. The Kier molecular flexibility index (Phi) is 5.13. The second-order valence-corrected chi connectivity index (χ2v) is 6.00. The normalized spacial score (nSPS) is 13.3. The third kappa shape index (κ3) is 3.64. The third-order valence-electron chi connectivity index (χ3n) is 4.35. The molecule has 0 bridgehead atoms. The summed E-state index contributed by atoms with van der Waals surface area (Å²) in [7, 11) is 0. The average molecular weight is 351 g/mol. The van der Waals surface area contributed by atoms with Gasteiger partial charge < -0.3 is 9.64 Å². The van der Waals surface area contributed by atoms with Gasteiger partial charge in [-0.05, 0) is 31.0 Å². The first kappa shape index (κ1) is 17.4. The van der Waals surface area contributed by atoms with Gasteiger partial charge in [0, 0.05) is 24.7 Å². The predicted molar refractivity (Wildman–Crippen MR) is 94.8 cm³/mol. The molecule has 1 aliphatic heterocycles. The number of carbonyl (C=O) groups excluding carboxylic acids is 1. The van der Waals surface area contributed by atoms with Gasteiger partial charge in [-0.3, -0.25) is 10.1 Å². The average Bonchev–Trinajstić information content (AvgIpc) is 3.20. The molecular formula is C19H17N3O4. The van der Waals surface area contributed by atoms with E-state index < -0.39 is 10.9 Å². The quantitative estimate of drug-likeness (QED) is 0.465. The van der Waals surface area contributed by atoms with Crippen LogP contribution in [0.2, 0.25) is 0 Å². The van der Waals surface area contributed by atoms with Crippen molar-refractivity contribution < 1.29 is 14.5 Å². The van der Waals surface area contributed by atoms with Crippen molar-refractivity contribution in [2.45, 2.75) is 19.4 Å². The SMILES string of the molecule is N#Cc1ccccc1COC(=O)c1ccc(N2CCCC2)c([N+](=O)[O-])c1. The molecule has 0 unspecified atom stereocenters. The van der Waals surface area contributed by atoms with Crippen molar-refractivity contribution in [3.05, 3.63) is 69.3 Å². The Hall–Kier alpha value is -3.40. The van der Waals surface area contributed by atoms with Crippen LogP contribution in [0.4, 0.5) is 11.4 Å². The Morgan fingerprint density at radius 3 is 2.65 bits per heavy atom. The van der Waals surface area contributed by atoms with Gasteiger partial charge in [0.2, 0.25) is 0 Å². The van der Waals surface area contributed by atoms with Crippen molar-refractivity contribution in [1.29, 1.82) is 5.26 Å². The van der Waals surface area contributed by atoms with E-state index in [2.05, 4.69) is 0 Å². The van der Waals surface area contributed by atoms with Crippen LogP contribution in [0, 0.1) is 21.4 Å². The van der Waals surface area contributed by atoms with Crippen LogP contribution in [0.25, 0.3) is 0 Å². The van der Waals surface area contributed by atoms with Crippen molar-refractivity contribution in [3.8, 4) is 6.07 Å². The van der Waals surface area contributed by atoms with E-state index in [1.54, 1.807) is 36.4 Å². The van der Waals surface area contributed by atoms with Crippen molar-refractivity contribution in [1.82, 2.24) is 0 Å². The van der Waals surface area contributed by atoms with Crippen LogP contribution >= 0.6 is 0 Å². The van der Waals surface area contributed by atoms with E-state index in [-0.39, 0.29) is 17.9 Å². The van der Waals surface area contributed by atoms with Gasteiger partial charge in [-0.1, -0.05) is 18.2 Å². The molecule has 0 aromatic heterocycles. The highest BCUT2D eigenvalue weighted by Crippen LogP contribution is 2.31. The first-order chi connectivity index (χ1) is 12.6. The van der Waals surface area contributed by atoms with Gasteiger partial charge in [-0.15, -0.1) is 0 Å². The van der Waals surface area contributed by atoms with Crippen LogP contribution < -0.4 is 4.90 Å². The first-order valence-corrected chi connectivity index (χ1v) is 8.28. The fourth-order valence-electron chi connectivity index (χ4n) is 3.00. The Balaban J connectivity index is 1.78. The van der Waals surface area contributed by atoms with Gasteiger partial charge in [0.05, 0.1) is 22.1 Å². The first-order valence-electron chi connectivity index (χ1n) is 8.28. The van der Waals surface area contributed by atoms with Gasteiger partial charge in [-0.25, -0.2) is 4.79 Å². The molecular weight excluding hydrogens is 334 g/mol. The molecule has 1 saturated heterocycles. The Labute approximate surface area is 150 Å². The molecule has 0 spiro atoms. The molecule has 1 fully saturated rings. The van der Waals surface area contributed by atoms with Crippen molar-refractivity contribution >= 4 is 17.3 Å². The molecule has 26 heavy (non-hydrogen) atoms. The molecule has 2 aromatic carbocycles. The monoisotopic (exact) mass is 351 g/mol. The molecule has 1 aliphatic rings. The molecule has 7 nitrogen and oxygen atoms in total. The molecule has 3 rings (SSSR count). The van der Waals surface area contributed by atoms with E-state index in [9.17, 15) is 14.9 Å². The van der Waals surface area contributed by atoms with Crippen LogP contribution in [-0.4, -0.2) is 24.0 Å². The smallest absolute Gasteiger partial charge is 0.338 e. The highest BCUT2D eigenvalue weighted by Gasteiger charge is 2.24. The van der Waals surface area contributed by atoms with E-state index in [0.717, 1.165) is 25.9 Å². The zero-order chi connectivity index (χ0) is 18.5. The maximum atomic E-state index is 12.3. The standard InChI is InChI=1S/C19H17N3O4/c20-12-15-5-1-2-6-16(15)13-26-19(23)14-7-8-17(18(11-14)22(24)25)21-9-3-4-10-21/h1-2,5-8,11H,3-4,9-10,13H2. The van der Waals surface area contributed by atoms with E-state index in [1.807, 2.05) is 11.0 Å². The number of esters is 1. The van der Waals surface area contributed by atoms with E-state index in [1.165, 1.54) is 6.07 Å². The summed E-state index contributed by atoms with van der Waals surface area (Å²) in [5, 5.41) is 20.5. The zero-order valence-electron chi connectivity index (χ0n) is 14.1. The number of nitriles is 1. The van der Waals surface area contributed by atoms with Gasteiger partial charge in [-0.2, -0.15) is 5.26 Å². The predicted octanol–water partition coefficient (Wildman–Crippen LogP) is 3.42. The highest BCUT2D eigenvalue weighted by molar-refractivity contribution is 5.91. The summed E-state index contributed by atoms with van der Waals surface area (Å²) in [6.45, 7) is 1.48. The van der Waals surface area contributed by atoms with Gasteiger partial charge in [0.1, 0.15) is 12.3 Å². The summed E-state index contributed by atoms with van der Waals surface area (Å²) in [5.74, 6) is -0.659. The number of anilines is 1. The molecule has 0 amide bonds. The van der Waals surface area contributed by atoms with Gasteiger partial charge in [0.25, 0.3) is 5.69 Å². The van der Waals surface area contributed by atoms with Crippen LogP contribution in [0.3, 0.4) is 0 Å². The van der Waals surface area contributed by atoms with E-state index in [4.69, 9.17) is 10.00 Å². The van der Waals surface area contributed by atoms with Crippen LogP contribution in [0.15, 0.2) is 42.5 Å². The minimum atomic E-state index is -0.659. The second kappa shape index (κ2) is 7.66. The zero-order valence-corrected chi connectivity index (χ0v) is 14.1. The number of nitrogens with zero attached hydrogens (tertiary/aromatic N) is 3. The fourth-order valence-corrected chi connectivity index (χ4v) is 3.00. The topological polar surface area (TPSA) is 96.5 Å². The highest BCUT2D eigenvalue weighted by atomic mass is 16.6. The number of nitro groups is 1. The lowest BCUT2D eigenvalue weighted by molar-refractivity contribution is -0.384. The summed E-state index contributed by atoms with van der Waals surface area (Å²) < 4.78 is 5.23. The van der Waals surface area contributed by atoms with Gasteiger partial charge in [0.15, 0.2) is 0 Å². The summed E-state index contributed by atoms with van der Waals surface area (Å²) >= 11 is 0. The van der Waals surface area contributed by atoms with Crippen LogP contribution in [0.1, 0.15) is 34.3 Å². The minimum absolute atomic E-state index is 0.0652. The van der Waals surface area contributed by atoms with E-state index >= 15 is 0 Å². The second-order valence-electron chi connectivity index (χ2n) is 6.00. The maximum absolute atomic E-state index is 12.3. The number of nitro benzene ring substituents is 1. The molecule has 0 aliphatic carbocycles. The minimum Gasteiger partial charge on any atom is -0.457 e. The molecule has 0 N–H and O–H groups in total. The molecule has 1 heterocycles. The van der Waals surface area contributed by atoms with Crippen LogP contribution in [-0.2, 0) is 11.3 Å². The lowest BCUT2D eigenvalue weighted by Crippen LogP contribution is -2.19. The third-order valence-corrected chi connectivity index (χ3v) is 4.35. The number of rotatable bonds is 5. The maximum Gasteiger partial charge on any atom is 0.338 e. The summed E-state index contributed by atoms with van der Waals surface area (Å²) in [5.41, 5.74) is 1.56. The lowest BCUT2D eigenvalue weighted by atomic mass is 10.1. The fraction of sp³-hybridized carbons (Fsp3) is 0.263. The van der Waals surface area contributed by atoms with E-state index in [0.29, 0.717) is 16.8 Å². The Morgan fingerprint density at radius 2 is 1.96 bits per heavy atom. The molecule has 0 saturated carbocycles. The number of ether oxygens (including phenoxy) is 1. The summed E-state index contributed by atoms with van der Waals surface area (Å²) in [4.78, 5) is 25.2. The molecule has 7 heteroatoms. The largest absolute Gasteiger partial charge is 0.457 e. The lowest BCUT2D eigenvalue weighted by Gasteiger charge is -2.17. The number of hydrogen-bond acceptors (Lipinski definition) is 6. The number of hydrogen-bond donors (Lipinski definition) is 0. The number of benzene rings is 2. The Morgan fingerprint density at radius 1 is 1.23 bits per heavy atom. The molecule has 2 aromatic rings. The molecule has 132 valence electrons. The van der Waals surface area contributed by atoms with Gasteiger partial charge >= 0.3 is 5.97 Å². The van der Waals surface area contributed by atoms with Crippen molar-refractivity contribution in [2.75, 3.05) is 18.0 Å².